The number of hydrogen-bond acceptors (Lipinski definition) is 3. The highest BCUT2D eigenvalue weighted by molar-refractivity contribution is 7.89. The Labute approximate surface area is 125 Å². The number of piperidine rings is 1. The molecule has 3 N–H and O–H groups in total. The smallest absolute Gasteiger partial charge is 0.210 e. The quantitative estimate of drug-likeness (QED) is 0.904. The number of hydrogen-bond donors (Lipinski definition) is 2. The summed E-state index contributed by atoms with van der Waals surface area (Å²) in [6.45, 7) is 1.71. The Kier molecular flexibility index (Phi) is 4.01. The molecular formula is C15H21N3O2S. The lowest BCUT2D eigenvalue weighted by Gasteiger charge is -2.35. The number of aromatic nitrogens is 1. The lowest BCUT2D eigenvalue weighted by molar-refractivity contribution is 0.154. The fourth-order valence-corrected chi connectivity index (χ4v) is 4.07. The van der Waals surface area contributed by atoms with Crippen LogP contribution in [-0.2, 0) is 16.6 Å². The van der Waals surface area contributed by atoms with Gasteiger partial charge in [0.25, 0.3) is 0 Å². The molecule has 5 nitrogen and oxygen atoms in total. The number of sulfonamides is 1. The highest BCUT2D eigenvalue weighted by atomic mass is 32.2. The Morgan fingerprint density at radius 3 is 2.95 bits per heavy atom. The summed E-state index contributed by atoms with van der Waals surface area (Å²) in [5.41, 5.74) is 2.32. The molecular weight excluding hydrogens is 286 g/mol. The van der Waals surface area contributed by atoms with Crippen molar-refractivity contribution in [2.45, 2.75) is 31.8 Å². The number of aromatic amines is 1. The summed E-state index contributed by atoms with van der Waals surface area (Å²) in [6.07, 6.45) is 5.03. The maximum atomic E-state index is 11.4. The number of primary sulfonamides is 1. The van der Waals surface area contributed by atoms with Gasteiger partial charge in [-0.15, -0.1) is 0 Å². The van der Waals surface area contributed by atoms with Gasteiger partial charge in [0.1, 0.15) is 0 Å². The number of nitrogens with two attached hydrogens (primary N) is 1. The van der Waals surface area contributed by atoms with Crippen molar-refractivity contribution >= 4 is 20.9 Å². The number of fused-ring (bicyclic) bond motifs is 1. The number of nitrogens with zero attached hydrogens (tertiary/aromatic N) is 1. The third kappa shape index (κ3) is 3.64. The van der Waals surface area contributed by atoms with Crippen LogP contribution in [0.3, 0.4) is 0 Å². The van der Waals surface area contributed by atoms with Crippen LogP contribution in [0.1, 0.15) is 24.8 Å². The van der Waals surface area contributed by atoms with E-state index in [1.807, 2.05) is 12.3 Å². The Hall–Kier alpha value is -1.37. The van der Waals surface area contributed by atoms with Crippen LogP contribution in [0.15, 0.2) is 30.5 Å². The van der Waals surface area contributed by atoms with Crippen LogP contribution < -0.4 is 5.14 Å². The standard InChI is InChI=1S/C15H21N3O2S/c16-21(19,20)11-14-3-1-2-8-18(14)10-12-4-5-13-6-7-17-15(13)9-12/h4-7,9,14,17H,1-3,8,10-11H2,(H2,16,19,20). The zero-order chi connectivity index (χ0) is 14.9. The molecule has 0 aliphatic carbocycles. The molecule has 21 heavy (non-hydrogen) atoms. The molecule has 1 unspecified atom stereocenters. The summed E-state index contributed by atoms with van der Waals surface area (Å²) < 4.78 is 22.8. The van der Waals surface area contributed by atoms with E-state index in [2.05, 4.69) is 28.1 Å². The van der Waals surface area contributed by atoms with Crippen molar-refractivity contribution in [1.29, 1.82) is 0 Å². The molecule has 1 fully saturated rings. The fourth-order valence-electron chi connectivity index (χ4n) is 3.15. The van der Waals surface area contributed by atoms with Gasteiger partial charge in [-0.3, -0.25) is 4.90 Å². The van der Waals surface area contributed by atoms with Crippen molar-refractivity contribution in [3.63, 3.8) is 0 Å². The molecule has 1 aromatic heterocycles. The minimum absolute atomic E-state index is 0.0353. The minimum Gasteiger partial charge on any atom is -0.361 e. The van der Waals surface area contributed by atoms with Crippen LogP contribution in [0.4, 0.5) is 0 Å². The lowest BCUT2D eigenvalue weighted by Crippen LogP contribution is -2.44. The highest BCUT2D eigenvalue weighted by Gasteiger charge is 2.26. The van der Waals surface area contributed by atoms with E-state index < -0.39 is 10.0 Å². The molecule has 3 rings (SSSR count). The first kappa shape index (κ1) is 14.6. The van der Waals surface area contributed by atoms with Crippen molar-refractivity contribution in [2.75, 3.05) is 12.3 Å². The largest absolute Gasteiger partial charge is 0.361 e. The predicted octanol–water partition coefficient (Wildman–Crippen LogP) is 1.81. The molecule has 0 spiro atoms. The second-order valence-corrected chi connectivity index (χ2v) is 7.51. The van der Waals surface area contributed by atoms with E-state index in [0.29, 0.717) is 0 Å². The summed E-state index contributed by atoms with van der Waals surface area (Å²) >= 11 is 0. The average Bonchev–Trinajstić information content (AvgIpc) is 2.87. The molecule has 2 heterocycles. The summed E-state index contributed by atoms with van der Waals surface area (Å²) in [5.74, 6) is 0.0533. The molecule has 0 bridgehead atoms. The van der Waals surface area contributed by atoms with Gasteiger partial charge in [0.15, 0.2) is 0 Å². The van der Waals surface area contributed by atoms with Gasteiger partial charge >= 0.3 is 0 Å². The van der Waals surface area contributed by atoms with Gasteiger partial charge in [-0.25, -0.2) is 13.6 Å². The maximum absolute atomic E-state index is 11.4. The molecule has 1 saturated heterocycles. The molecule has 1 aromatic carbocycles. The van der Waals surface area contributed by atoms with Crippen molar-refractivity contribution in [3.05, 3.63) is 36.0 Å². The first-order valence-electron chi connectivity index (χ1n) is 7.32. The number of likely N-dealkylation sites (tertiary alicyclic amines) is 1. The van der Waals surface area contributed by atoms with Crippen LogP contribution in [0.2, 0.25) is 0 Å². The topological polar surface area (TPSA) is 79.2 Å². The number of H-pyrrole nitrogens is 1. The van der Waals surface area contributed by atoms with Gasteiger partial charge in [0.05, 0.1) is 5.75 Å². The van der Waals surface area contributed by atoms with Crippen LogP contribution in [0.25, 0.3) is 10.9 Å². The van der Waals surface area contributed by atoms with Crippen LogP contribution in [-0.4, -0.2) is 36.6 Å². The van der Waals surface area contributed by atoms with E-state index in [4.69, 9.17) is 5.14 Å². The Morgan fingerprint density at radius 2 is 2.14 bits per heavy atom. The Morgan fingerprint density at radius 1 is 1.29 bits per heavy atom. The van der Waals surface area contributed by atoms with Crippen molar-refractivity contribution < 1.29 is 8.42 Å². The van der Waals surface area contributed by atoms with E-state index >= 15 is 0 Å². The van der Waals surface area contributed by atoms with Crippen molar-refractivity contribution in [1.82, 2.24) is 9.88 Å². The molecule has 0 radical (unpaired) electrons. The van der Waals surface area contributed by atoms with E-state index in [9.17, 15) is 8.42 Å². The fraction of sp³-hybridized carbons (Fsp3) is 0.467. The molecule has 114 valence electrons. The van der Waals surface area contributed by atoms with Crippen molar-refractivity contribution in [2.24, 2.45) is 5.14 Å². The van der Waals surface area contributed by atoms with Crippen LogP contribution in [0.5, 0.6) is 0 Å². The highest BCUT2D eigenvalue weighted by Crippen LogP contribution is 2.22. The van der Waals surface area contributed by atoms with Gasteiger partial charge in [-0.2, -0.15) is 0 Å². The normalized spacial score (nSPS) is 20.9. The van der Waals surface area contributed by atoms with Gasteiger partial charge in [-0.05, 0) is 42.5 Å². The minimum atomic E-state index is -3.42. The molecule has 0 amide bonds. The summed E-state index contributed by atoms with van der Waals surface area (Å²) in [4.78, 5) is 5.46. The van der Waals surface area contributed by atoms with E-state index in [-0.39, 0.29) is 11.8 Å². The van der Waals surface area contributed by atoms with Crippen LogP contribution >= 0.6 is 0 Å². The van der Waals surface area contributed by atoms with Gasteiger partial charge in [-0.1, -0.05) is 18.6 Å². The van der Waals surface area contributed by atoms with Crippen molar-refractivity contribution in [3.8, 4) is 0 Å². The summed E-state index contributed by atoms with van der Waals surface area (Å²) in [7, 11) is -3.42. The maximum Gasteiger partial charge on any atom is 0.210 e. The monoisotopic (exact) mass is 307 g/mol. The average molecular weight is 307 g/mol. The number of nitrogens with one attached hydrogen (secondary N) is 1. The van der Waals surface area contributed by atoms with Gasteiger partial charge < -0.3 is 4.98 Å². The molecule has 1 aliphatic heterocycles. The first-order valence-corrected chi connectivity index (χ1v) is 9.03. The third-order valence-electron chi connectivity index (χ3n) is 4.18. The second-order valence-electron chi connectivity index (χ2n) is 5.85. The van der Waals surface area contributed by atoms with E-state index in [1.54, 1.807) is 0 Å². The Balaban J connectivity index is 1.77. The number of rotatable bonds is 4. The Bertz CT molecular complexity index is 723. The van der Waals surface area contributed by atoms with E-state index in [0.717, 1.165) is 37.9 Å². The molecule has 6 heteroatoms. The molecule has 1 aliphatic rings. The third-order valence-corrected chi connectivity index (χ3v) is 5.03. The SMILES string of the molecule is NS(=O)(=O)CC1CCCCN1Cc1ccc2cc[nH]c2c1. The number of benzene rings is 1. The first-order chi connectivity index (χ1) is 10.0. The molecule has 0 saturated carbocycles. The molecule has 1 atom stereocenters. The second kappa shape index (κ2) is 5.79. The summed E-state index contributed by atoms with van der Waals surface area (Å²) in [6, 6.07) is 8.42. The summed E-state index contributed by atoms with van der Waals surface area (Å²) in [5, 5.41) is 6.42. The predicted molar refractivity (Wildman–Crippen MR) is 84.3 cm³/mol. The zero-order valence-corrected chi connectivity index (χ0v) is 12.8. The lowest BCUT2D eigenvalue weighted by atomic mass is 10.0. The zero-order valence-electron chi connectivity index (χ0n) is 12.0. The van der Waals surface area contributed by atoms with E-state index in [1.165, 1.54) is 10.9 Å². The van der Waals surface area contributed by atoms with Gasteiger partial charge in [0, 0.05) is 24.3 Å². The van der Waals surface area contributed by atoms with Gasteiger partial charge in [0.2, 0.25) is 10.0 Å². The molecule has 2 aromatic rings. The van der Waals surface area contributed by atoms with Crippen LogP contribution in [0, 0.1) is 0 Å².